The average Bonchev–Trinajstić information content (AvgIpc) is 3.32. The van der Waals surface area contributed by atoms with Crippen molar-refractivity contribution in [3.8, 4) is 5.75 Å². The molecular weight excluding hydrogens is 446 g/mol. The molecule has 8 heteroatoms. The van der Waals surface area contributed by atoms with Crippen LogP contribution in [-0.2, 0) is 9.53 Å². The Morgan fingerprint density at radius 1 is 1.09 bits per heavy atom. The number of furan rings is 1. The van der Waals surface area contributed by atoms with E-state index in [0.717, 1.165) is 5.56 Å². The highest BCUT2D eigenvalue weighted by atomic mass is 16.5. The number of piperazine rings is 1. The third kappa shape index (κ3) is 4.00. The van der Waals surface area contributed by atoms with Gasteiger partial charge in [-0.15, -0.1) is 0 Å². The summed E-state index contributed by atoms with van der Waals surface area (Å²) in [5, 5.41) is 13.6. The number of amides is 1. The predicted molar refractivity (Wildman–Crippen MR) is 131 cm³/mol. The summed E-state index contributed by atoms with van der Waals surface area (Å²) in [7, 11) is 0. The van der Waals surface area contributed by atoms with Crippen molar-refractivity contribution in [2.75, 3.05) is 32.8 Å². The normalized spacial score (nSPS) is 15.4. The SMILES string of the molecule is CCOC(=O)c1coc2c1c(C(c1ccncc1)N1CCN(C(C)=O)CC1)c(O)c1ccccc12. The van der Waals surface area contributed by atoms with Gasteiger partial charge in [-0.1, -0.05) is 24.3 Å². The molecule has 1 N–H and O–H groups in total. The van der Waals surface area contributed by atoms with Crippen LogP contribution in [0.15, 0.2) is 59.5 Å². The van der Waals surface area contributed by atoms with E-state index in [4.69, 9.17) is 9.15 Å². The Bertz CT molecular complexity index is 1390. The number of aromatic nitrogens is 1. The van der Waals surface area contributed by atoms with E-state index in [1.54, 1.807) is 26.2 Å². The van der Waals surface area contributed by atoms with Crippen molar-refractivity contribution < 1.29 is 23.8 Å². The number of pyridine rings is 1. The van der Waals surface area contributed by atoms with Gasteiger partial charge >= 0.3 is 5.97 Å². The van der Waals surface area contributed by atoms with Crippen LogP contribution in [0.2, 0.25) is 0 Å². The Morgan fingerprint density at radius 3 is 2.43 bits per heavy atom. The molecule has 0 bridgehead atoms. The summed E-state index contributed by atoms with van der Waals surface area (Å²) >= 11 is 0. The maximum absolute atomic E-state index is 12.9. The Labute approximate surface area is 202 Å². The van der Waals surface area contributed by atoms with Crippen molar-refractivity contribution in [2.24, 2.45) is 0 Å². The van der Waals surface area contributed by atoms with Crippen LogP contribution in [0.5, 0.6) is 5.75 Å². The number of nitrogens with zero attached hydrogens (tertiary/aromatic N) is 3. The van der Waals surface area contributed by atoms with Crippen LogP contribution in [0.1, 0.15) is 41.4 Å². The smallest absolute Gasteiger partial charge is 0.342 e. The number of hydrogen-bond donors (Lipinski definition) is 1. The van der Waals surface area contributed by atoms with E-state index in [2.05, 4.69) is 9.88 Å². The highest BCUT2D eigenvalue weighted by Crippen LogP contribution is 2.46. The largest absolute Gasteiger partial charge is 0.507 e. The summed E-state index contributed by atoms with van der Waals surface area (Å²) in [4.78, 5) is 33.1. The first kappa shape index (κ1) is 22.9. The molecule has 180 valence electrons. The lowest BCUT2D eigenvalue weighted by Crippen LogP contribution is -2.49. The number of rotatable bonds is 5. The average molecular weight is 474 g/mol. The quantitative estimate of drug-likeness (QED) is 0.436. The summed E-state index contributed by atoms with van der Waals surface area (Å²) < 4.78 is 11.3. The minimum absolute atomic E-state index is 0.0421. The molecule has 1 aliphatic heterocycles. The second-order valence-electron chi connectivity index (χ2n) is 8.61. The molecule has 2 aromatic carbocycles. The molecule has 1 saturated heterocycles. The number of phenols is 1. The van der Waals surface area contributed by atoms with Gasteiger partial charge in [0.25, 0.3) is 0 Å². The van der Waals surface area contributed by atoms with Crippen molar-refractivity contribution in [3.05, 3.63) is 71.7 Å². The van der Waals surface area contributed by atoms with Gasteiger partial charge in [0.2, 0.25) is 5.91 Å². The van der Waals surface area contributed by atoms with Crippen LogP contribution in [-0.4, -0.2) is 64.6 Å². The number of fused-ring (bicyclic) bond motifs is 3. The maximum atomic E-state index is 12.9. The Morgan fingerprint density at radius 2 is 1.77 bits per heavy atom. The summed E-state index contributed by atoms with van der Waals surface area (Å²) in [5.74, 6) is -0.367. The minimum Gasteiger partial charge on any atom is -0.507 e. The van der Waals surface area contributed by atoms with Gasteiger partial charge in [-0.05, 0) is 24.6 Å². The Hall–Kier alpha value is -3.91. The molecule has 3 heterocycles. The zero-order valence-electron chi connectivity index (χ0n) is 19.7. The summed E-state index contributed by atoms with van der Waals surface area (Å²) in [5.41, 5.74) is 2.30. The van der Waals surface area contributed by atoms with Gasteiger partial charge in [0, 0.05) is 67.2 Å². The van der Waals surface area contributed by atoms with Crippen molar-refractivity contribution in [1.29, 1.82) is 0 Å². The number of aromatic hydroxyl groups is 1. The topological polar surface area (TPSA) is 96.1 Å². The molecule has 0 saturated carbocycles. The lowest BCUT2D eigenvalue weighted by molar-refractivity contribution is -0.130. The molecule has 2 aromatic heterocycles. The first-order chi connectivity index (χ1) is 17.0. The fourth-order valence-corrected chi connectivity index (χ4v) is 5.00. The number of phenolic OH excluding ortho intramolecular Hbond substituents is 1. The van der Waals surface area contributed by atoms with E-state index in [1.165, 1.54) is 6.26 Å². The molecular formula is C27H27N3O5. The number of carbonyl (C=O) groups excluding carboxylic acids is 2. The van der Waals surface area contributed by atoms with E-state index in [1.807, 2.05) is 41.3 Å². The van der Waals surface area contributed by atoms with E-state index < -0.39 is 12.0 Å². The second-order valence-corrected chi connectivity index (χ2v) is 8.61. The third-order valence-corrected chi connectivity index (χ3v) is 6.66. The third-order valence-electron chi connectivity index (χ3n) is 6.66. The van der Waals surface area contributed by atoms with Gasteiger partial charge < -0.3 is 19.2 Å². The van der Waals surface area contributed by atoms with Gasteiger partial charge in [0.05, 0.1) is 12.6 Å². The van der Waals surface area contributed by atoms with Gasteiger partial charge in [-0.3, -0.25) is 14.7 Å². The van der Waals surface area contributed by atoms with E-state index >= 15 is 0 Å². The number of ether oxygens (including phenoxy) is 1. The lowest BCUT2D eigenvalue weighted by Gasteiger charge is -2.40. The van der Waals surface area contributed by atoms with Gasteiger partial charge in [0.1, 0.15) is 23.2 Å². The summed E-state index contributed by atoms with van der Waals surface area (Å²) in [6.45, 7) is 5.91. The van der Waals surface area contributed by atoms with Crippen molar-refractivity contribution in [2.45, 2.75) is 19.9 Å². The molecule has 4 aromatic rings. The van der Waals surface area contributed by atoms with E-state index in [0.29, 0.717) is 53.5 Å². The van der Waals surface area contributed by atoms with Crippen LogP contribution >= 0.6 is 0 Å². The minimum atomic E-state index is -0.503. The van der Waals surface area contributed by atoms with Gasteiger partial charge in [-0.25, -0.2) is 4.79 Å². The molecule has 5 rings (SSSR count). The highest BCUT2D eigenvalue weighted by Gasteiger charge is 2.34. The standard InChI is InChI=1S/C27H27N3O5/c1-3-34-27(33)21-16-35-26-20-7-5-4-6-19(20)25(32)23(22(21)26)24(18-8-10-28-11-9-18)30-14-12-29(13-15-30)17(2)31/h4-11,16,24,32H,3,12-15H2,1-2H3. The Balaban J connectivity index is 1.78. The monoisotopic (exact) mass is 473 g/mol. The first-order valence-electron chi connectivity index (χ1n) is 11.7. The zero-order chi connectivity index (χ0) is 24.5. The molecule has 35 heavy (non-hydrogen) atoms. The number of hydrogen-bond acceptors (Lipinski definition) is 7. The summed E-state index contributed by atoms with van der Waals surface area (Å²) in [6.07, 6.45) is 4.84. The van der Waals surface area contributed by atoms with Crippen molar-refractivity contribution in [3.63, 3.8) is 0 Å². The lowest BCUT2D eigenvalue weighted by atomic mass is 9.89. The molecule has 0 spiro atoms. The first-order valence-corrected chi connectivity index (χ1v) is 11.7. The van der Waals surface area contributed by atoms with Crippen LogP contribution < -0.4 is 0 Å². The molecule has 1 atom stereocenters. The number of esters is 1. The molecule has 8 nitrogen and oxygen atoms in total. The molecule has 1 aliphatic rings. The molecule has 1 fully saturated rings. The Kier molecular flexibility index (Phi) is 6.13. The van der Waals surface area contributed by atoms with Crippen LogP contribution in [0.4, 0.5) is 0 Å². The van der Waals surface area contributed by atoms with Gasteiger partial charge in [-0.2, -0.15) is 0 Å². The van der Waals surface area contributed by atoms with Crippen molar-refractivity contribution >= 4 is 33.6 Å². The van der Waals surface area contributed by atoms with Crippen LogP contribution in [0, 0.1) is 0 Å². The maximum Gasteiger partial charge on any atom is 0.342 e. The predicted octanol–water partition coefficient (Wildman–Crippen LogP) is 4.12. The zero-order valence-corrected chi connectivity index (χ0v) is 19.7. The second kappa shape index (κ2) is 9.38. The summed E-state index contributed by atoms with van der Waals surface area (Å²) in [6, 6.07) is 10.9. The number of benzene rings is 2. The molecule has 1 unspecified atom stereocenters. The van der Waals surface area contributed by atoms with Crippen LogP contribution in [0.25, 0.3) is 21.7 Å². The van der Waals surface area contributed by atoms with E-state index in [-0.39, 0.29) is 23.8 Å². The van der Waals surface area contributed by atoms with Crippen LogP contribution in [0.3, 0.4) is 0 Å². The fraction of sp³-hybridized carbons (Fsp3) is 0.296. The molecule has 1 amide bonds. The van der Waals surface area contributed by atoms with E-state index in [9.17, 15) is 14.7 Å². The fourth-order valence-electron chi connectivity index (χ4n) is 5.00. The molecule has 0 radical (unpaired) electrons. The van der Waals surface area contributed by atoms with Gasteiger partial charge in [0.15, 0.2) is 0 Å². The van der Waals surface area contributed by atoms with Crippen molar-refractivity contribution in [1.82, 2.24) is 14.8 Å². The molecule has 0 aliphatic carbocycles. The highest BCUT2D eigenvalue weighted by molar-refractivity contribution is 6.16. The number of carbonyl (C=O) groups is 2.